The molecule has 4 nitrogen and oxygen atoms in total. The summed E-state index contributed by atoms with van der Waals surface area (Å²) in [6.07, 6.45) is 0.520. The van der Waals surface area contributed by atoms with Gasteiger partial charge in [0.05, 0.1) is 0 Å². The van der Waals surface area contributed by atoms with Crippen LogP contribution in [0.2, 0.25) is 0 Å². The number of carbonyl (C=O) groups is 1. The van der Waals surface area contributed by atoms with E-state index in [1.807, 2.05) is 0 Å². The number of benzene rings is 2. The van der Waals surface area contributed by atoms with Gasteiger partial charge in [-0.2, -0.15) is 0 Å². The largest absolute Gasteiger partial charge is 0.324 e. The van der Waals surface area contributed by atoms with Crippen molar-refractivity contribution < 1.29 is 13.6 Å². The highest BCUT2D eigenvalue weighted by Gasteiger charge is 2.30. The van der Waals surface area contributed by atoms with Crippen molar-refractivity contribution in [2.24, 2.45) is 0 Å². The summed E-state index contributed by atoms with van der Waals surface area (Å²) in [5.74, 6) is -0.931. The number of halogens is 2. The number of hydrogen-bond donors (Lipinski definition) is 3. The van der Waals surface area contributed by atoms with E-state index in [0.717, 1.165) is 11.1 Å². The molecule has 0 saturated carbocycles. The summed E-state index contributed by atoms with van der Waals surface area (Å²) < 4.78 is 26.2. The predicted octanol–water partition coefficient (Wildman–Crippen LogP) is 2.82. The van der Waals surface area contributed by atoms with Crippen molar-refractivity contribution in [3.8, 4) is 0 Å². The lowest BCUT2D eigenvalue weighted by Gasteiger charge is -2.12. The summed E-state index contributed by atoms with van der Waals surface area (Å²) in [7, 11) is 0. The van der Waals surface area contributed by atoms with Crippen LogP contribution in [0.3, 0.4) is 0 Å². The molecule has 2 aromatic carbocycles. The molecule has 2 atom stereocenters. The van der Waals surface area contributed by atoms with Crippen molar-refractivity contribution in [3.05, 3.63) is 65.2 Å². The maximum absolute atomic E-state index is 13.3. The van der Waals surface area contributed by atoms with Crippen LogP contribution < -0.4 is 16.2 Å². The van der Waals surface area contributed by atoms with Crippen molar-refractivity contribution in [3.63, 3.8) is 0 Å². The highest BCUT2D eigenvalue weighted by Crippen LogP contribution is 2.24. The average Bonchev–Trinajstić information content (AvgIpc) is 3.02. The minimum absolute atomic E-state index is 0.0834. The van der Waals surface area contributed by atoms with E-state index in [0.29, 0.717) is 12.1 Å². The molecule has 1 aliphatic rings. The Kier molecular flexibility index (Phi) is 4.36. The molecule has 0 aliphatic carbocycles. The number of rotatable bonds is 3. The first-order valence-electron chi connectivity index (χ1n) is 7.36. The van der Waals surface area contributed by atoms with Crippen molar-refractivity contribution in [1.29, 1.82) is 0 Å². The van der Waals surface area contributed by atoms with Gasteiger partial charge >= 0.3 is 0 Å². The lowest BCUT2D eigenvalue weighted by atomic mass is 10.0. The summed E-state index contributed by atoms with van der Waals surface area (Å²) in [5, 5.41) is 2.73. The number of hydrazine groups is 1. The van der Waals surface area contributed by atoms with Gasteiger partial charge in [-0.25, -0.2) is 19.6 Å². The van der Waals surface area contributed by atoms with Crippen molar-refractivity contribution in [2.45, 2.75) is 25.4 Å². The maximum Gasteiger partial charge on any atom is 0.242 e. The molecule has 2 unspecified atom stereocenters. The van der Waals surface area contributed by atoms with Gasteiger partial charge in [0.2, 0.25) is 5.91 Å². The topological polar surface area (TPSA) is 53.2 Å². The zero-order valence-corrected chi connectivity index (χ0v) is 12.6. The first-order valence-corrected chi connectivity index (χ1v) is 7.36. The summed E-state index contributed by atoms with van der Waals surface area (Å²) >= 11 is 0. The minimum Gasteiger partial charge on any atom is -0.324 e. The first kappa shape index (κ1) is 15.6. The molecule has 1 amide bonds. The molecule has 0 bridgehead atoms. The van der Waals surface area contributed by atoms with Gasteiger partial charge in [-0.15, -0.1) is 0 Å². The Bertz CT molecular complexity index is 718. The van der Waals surface area contributed by atoms with E-state index in [9.17, 15) is 13.6 Å². The van der Waals surface area contributed by atoms with E-state index in [2.05, 4.69) is 16.2 Å². The molecule has 6 heteroatoms. The van der Waals surface area contributed by atoms with Crippen molar-refractivity contribution in [1.82, 2.24) is 10.9 Å². The van der Waals surface area contributed by atoms with Crippen molar-refractivity contribution >= 4 is 11.6 Å². The number of anilines is 1. The summed E-state index contributed by atoms with van der Waals surface area (Å²) in [6.45, 7) is 1.80. The zero-order valence-electron chi connectivity index (χ0n) is 12.6. The fourth-order valence-corrected chi connectivity index (χ4v) is 2.59. The number of hydrogen-bond acceptors (Lipinski definition) is 3. The lowest BCUT2D eigenvalue weighted by molar-refractivity contribution is -0.117. The molecule has 120 valence electrons. The summed E-state index contributed by atoms with van der Waals surface area (Å²) in [4.78, 5) is 12.3. The highest BCUT2D eigenvalue weighted by atomic mass is 19.1. The number of aryl methyl sites for hydroxylation is 1. The molecular weight excluding hydrogens is 300 g/mol. The second kappa shape index (κ2) is 6.44. The van der Waals surface area contributed by atoms with Gasteiger partial charge < -0.3 is 5.32 Å². The van der Waals surface area contributed by atoms with Gasteiger partial charge in [0.25, 0.3) is 0 Å². The first-order chi connectivity index (χ1) is 11.0. The molecule has 3 rings (SSSR count). The minimum atomic E-state index is -0.451. The molecule has 1 heterocycles. The SMILES string of the molecule is Cc1ccc(F)cc1NC(=O)C1CC(c2ccc(F)cc2)NN1. The molecule has 0 spiro atoms. The smallest absolute Gasteiger partial charge is 0.242 e. The van der Waals surface area contributed by atoms with Crippen LogP contribution in [-0.2, 0) is 4.79 Å². The normalized spacial score (nSPS) is 20.5. The van der Waals surface area contributed by atoms with E-state index in [4.69, 9.17) is 0 Å². The van der Waals surface area contributed by atoms with Crippen LogP contribution in [0.1, 0.15) is 23.6 Å². The third-order valence-corrected chi connectivity index (χ3v) is 3.95. The lowest BCUT2D eigenvalue weighted by Crippen LogP contribution is -2.39. The predicted molar refractivity (Wildman–Crippen MR) is 83.6 cm³/mol. The molecule has 3 N–H and O–H groups in total. The highest BCUT2D eigenvalue weighted by molar-refractivity contribution is 5.95. The van der Waals surface area contributed by atoms with Crippen molar-refractivity contribution in [2.75, 3.05) is 5.32 Å². The number of nitrogens with one attached hydrogen (secondary N) is 3. The zero-order chi connectivity index (χ0) is 16.4. The van der Waals surface area contributed by atoms with Gasteiger partial charge in [0.1, 0.15) is 17.7 Å². The molecule has 1 aliphatic heterocycles. The average molecular weight is 317 g/mol. The molecule has 1 saturated heterocycles. The van der Waals surface area contributed by atoms with Crippen LogP contribution >= 0.6 is 0 Å². The Labute approximate surface area is 132 Å². The molecule has 2 aromatic rings. The Hall–Kier alpha value is -2.31. The van der Waals surface area contributed by atoms with Crippen LogP contribution in [-0.4, -0.2) is 11.9 Å². The standard InChI is InChI=1S/C17H17F2N3O/c1-10-2-5-13(19)8-14(10)20-17(23)16-9-15(21-22-16)11-3-6-12(18)7-4-11/h2-8,15-16,21-22H,9H2,1H3,(H,20,23). The van der Waals surface area contributed by atoms with Crippen LogP contribution in [0.5, 0.6) is 0 Å². The summed E-state index contributed by atoms with van der Waals surface area (Å²) in [5.41, 5.74) is 8.10. The second-order valence-corrected chi connectivity index (χ2v) is 5.63. The molecular formula is C17H17F2N3O. The van der Waals surface area contributed by atoms with Gasteiger partial charge in [0, 0.05) is 11.7 Å². The Morgan fingerprint density at radius 1 is 1.09 bits per heavy atom. The van der Waals surface area contributed by atoms with Gasteiger partial charge in [-0.05, 0) is 48.7 Å². The van der Waals surface area contributed by atoms with Crippen LogP contribution in [0.15, 0.2) is 42.5 Å². The molecule has 1 fully saturated rings. The van der Waals surface area contributed by atoms with Crippen LogP contribution in [0.4, 0.5) is 14.5 Å². The Morgan fingerprint density at radius 2 is 1.78 bits per heavy atom. The van der Waals surface area contributed by atoms with E-state index in [1.54, 1.807) is 25.1 Å². The second-order valence-electron chi connectivity index (χ2n) is 5.63. The molecule has 0 aromatic heterocycles. The molecule has 0 radical (unpaired) electrons. The maximum atomic E-state index is 13.3. The third kappa shape index (κ3) is 3.55. The Morgan fingerprint density at radius 3 is 2.52 bits per heavy atom. The van der Waals surface area contributed by atoms with E-state index in [-0.39, 0.29) is 17.8 Å². The number of amides is 1. The van der Waals surface area contributed by atoms with Crippen LogP contribution in [0, 0.1) is 18.6 Å². The molecule has 23 heavy (non-hydrogen) atoms. The number of carbonyl (C=O) groups excluding carboxylic acids is 1. The Balaban J connectivity index is 1.65. The van der Waals surface area contributed by atoms with Gasteiger partial charge in [-0.3, -0.25) is 4.79 Å². The third-order valence-electron chi connectivity index (χ3n) is 3.95. The monoisotopic (exact) mass is 317 g/mol. The summed E-state index contributed by atoms with van der Waals surface area (Å²) in [6, 6.07) is 9.89. The van der Waals surface area contributed by atoms with Crippen LogP contribution in [0.25, 0.3) is 0 Å². The van der Waals surface area contributed by atoms with Gasteiger partial charge in [-0.1, -0.05) is 18.2 Å². The van der Waals surface area contributed by atoms with E-state index in [1.165, 1.54) is 24.3 Å². The van der Waals surface area contributed by atoms with E-state index < -0.39 is 11.9 Å². The quantitative estimate of drug-likeness (QED) is 0.816. The fraction of sp³-hybridized carbons (Fsp3) is 0.235. The van der Waals surface area contributed by atoms with Gasteiger partial charge in [0.15, 0.2) is 0 Å². The fourth-order valence-electron chi connectivity index (χ4n) is 2.59. The van der Waals surface area contributed by atoms with E-state index >= 15 is 0 Å².